The van der Waals surface area contributed by atoms with E-state index in [1.807, 2.05) is 0 Å². The molecule has 0 radical (unpaired) electrons. The number of anilines is 1. The Morgan fingerprint density at radius 1 is 1.47 bits per heavy atom. The molecule has 0 N–H and O–H groups in total. The molecule has 0 saturated carbocycles. The van der Waals surface area contributed by atoms with Crippen LogP contribution in [-0.4, -0.2) is 17.9 Å². The largest absolute Gasteiger partial charge is 0.365 e. The molecule has 0 amide bonds. The topological polar surface area (TPSA) is 20.3 Å². The van der Waals surface area contributed by atoms with Crippen LogP contribution < -0.4 is 4.90 Å². The van der Waals surface area contributed by atoms with E-state index in [2.05, 4.69) is 43.9 Å². The number of rotatable bonds is 3. The van der Waals surface area contributed by atoms with Crippen molar-refractivity contribution in [2.75, 3.05) is 4.90 Å². The number of fused-ring (bicyclic) bond motifs is 1. The van der Waals surface area contributed by atoms with Gasteiger partial charge in [0, 0.05) is 24.2 Å². The molecule has 0 fully saturated rings. The van der Waals surface area contributed by atoms with Crippen LogP contribution in [0.15, 0.2) is 18.2 Å². The van der Waals surface area contributed by atoms with Gasteiger partial charge in [-0.2, -0.15) is 0 Å². The number of nitrogens with zero attached hydrogens (tertiary/aromatic N) is 1. The van der Waals surface area contributed by atoms with Crippen molar-refractivity contribution in [2.24, 2.45) is 0 Å². The van der Waals surface area contributed by atoms with Crippen molar-refractivity contribution in [1.82, 2.24) is 0 Å². The fourth-order valence-electron chi connectivity index (χ4n) is 2.93. The Morgan fingerprint density at radius 2 is 2.18 bits per heavy atom. The summed E-state index contributed by atoms with van der Waals surface area (Å²) in [5.74, 6) is 0.283. The average molecular weight is 231 g/mol. The van der Waals surface area contributed by atoms with Gasteiger partial charge in [0.05, 0.1) is 0 Å². The van der Waals surface area contributed by atoms with E-state index in [1.165, 1.54) is 16.8 Å². The molecule has 0 aliphatic carbocycles. The second-order valence-corrected chi connectivity index (χ2v) is 5.34. The van der Waals surface area contributed by atoms with E-state index < -0.39 is 0 Å². The van der Waals surface area contributed by atoms with Crippen LogP contribution in [0.1, 0.15) is 38.3 Å². The molecule has 0 bridgehead atoms. The van der Waals surface area contributed by atoms with Crippen molar-refractivity contribution < 1.29 is 4.79 Å². The molecule has 17 heavy (non-hydrogen) atoms. The number of hydrogen-bond donors (Lipinski definition) is 0. The van der Waals surface area contributed by atoms with Gasteiger partial charge in [-0.25, -0.2) is 0 Å². The molecule has 0 aromatic heterocycles. The van der Waals surface area contributed by atoms with Crippen LogP contribution in [0.4, 0.5) is 5.69 Å². The molecule has 1 aliphatic heterocycles. The summed E-state index contributed by atoms with van der Waals surface area (Å²) in [6, 6.07) is 7.25. The summed E-state index contributed by atoms with van der Waals surface area (Å²) in [6.45, 7) is 8.25. The van der Waals surface area contributed by atoms with E-state index in [9.17, 15) is 4.79 Å². The van der Waals surface area contributed by atoms with Crippen LogP contribution in [0.2, 0.25) is 0 Å². The highest BCUT2D eigenvalue weighted by Crippen LogP contribution is 2.36. The van der Waals surface area contributed by atoms with E-state index in [-0.39, 0.29) is 5.78 Å². The van der Waals surface area contributed by atoms with Crippen LogP contribution in [0.3, 0.4) is 0 Å². The van der Waals surface area contributed by atoms with Gasteiger partial charge in [-0.05, 0) is 51.3 Å². The SMILES string of the molecule is CC(=O)CC1Cc2c(C)cccc2N1C(C)C. The van der Waals surface area contributed by atoms with Crippen molar-refractivity contribution in [1.29, 1.82) is 0 Å². The quantitative estimate of drug-likeness (QED) is 0.796. The van der Waals surface area contributed by atoms with Gasteiger partial charge in [0.1, 0.15) is 5.78 Å². The fraction of sp³-hybridized carbons (Fsp3) is 0.533. The Labute approximate surface area is 104 Å². The van der Waals surface area contributed by atoms with Crippen LogP contribution in [-0.2, 0) is 11.2 Å². The zero-order valence-corrected chi connectivity index (χ0v) is 11.2. The number of ketones is 1. The summed E-state index contributed by atoms with van der Waals surface area (Å²) in [5.41, 5.74) is 4.10. The Hall–Kier alpha value is -1.31. The van der Waals surface area contributed by atoms with Gasteiger partial charge in [0.15, 0.2) is 0 Å². The lowest BCUT2D eigenvalue weighted by molar-refractivity contribution is -0.117. The molecule has 2 rings (SSSR count). The van der Waals surface area contributed by atoms with Gasteiger partial charge in [0.25, 0.3) is 0 Å². The molecule has 1 heterocycles. The van der Waals surface area contributed by atoms with Gasteiger partial charge in [-0.1, -0.05) is 12.1 Å². The molecule has 1 unspecified atom stereocenters. The minimum absolute atomic E-state index is 0.283. The van der Waals surface area contributed by atoms with E-state index >= 15 is 0 Å². The molecule has 1 atom stereocenters. The number of aryl methyl sites for hydroxylation is 1. The standard InChI is InChI=1S/C15H21NO/c1-10(2)16-13(8-12(4)17)9-14-11(3)6-5-7-15(14)16/h5-7,10,13H,8-9H2,1-4H3. The normalized spacial score (nSPS) is 18.6. The smallest absolute Gasteiger partial charge is 0.131 e. The van der Waals surface area contributed by atoms with Crippen LogP contribution in [0.5, 0.6) is 0 Å². The zero-order chi connectivity index (χ0) is 12.6. The van der Waals surface area contributed by atoms with Gasteiger partial charge in [-0.3, -0.25) is 4.79 Å². The third-order valence-electron chi connectivity index (χ3n) is 3.58. The van der Waals surface area contributed by atoms with Gasteiger partial charge >= 0.3 is 0 Å². The Morgan fingerprint density at radius 3 is 2.76 bits per heavy atom. The molecule has 0 spiro atoms. The predicted molar refractivity (Wildman–Crippen MR) is 71.6 cm³/mol. The lowest BCUT2D eigenvalue weighted by atomic mass is 10.0. The molecule has 1 aromatic rings. The molecule has 1 aromatic carbocycles. The summed E-state index contributed by atoms with van der Waals surface area (Å²) in [7, 11) is 0. The first-order valence-electron chi connectivity index (χ1n) is 6.37. The number of Topliss-reactive ketones (excluding diaryl/α,β-unsaturated/α-hetero) is 1. The minimum atomic E-state index is 0.283. The highest BCUT2D eigenvalue weighted by molar-refractivity contribution is 5.78. The third-order valence-corrected chi connectivity index (χ3v) is 3.58. The van der Waals surface area contributed by atoms with Crippen molar-refractivity contribution in [2.45, 2.75) is 52.6 Å². The maximum Gasteiger partial charge on any atom is 0.131 e. The predicted octanol–water partition coefficient (Wildman–Crippen LogP) is 3.11. The third kappa shape index (κ3) is 2.21. The Bertz CT molecular complexity index is 437. The zero-order valence-electron chi connectivity index (χ0n) is 11.2. The van der Waals surface area contributed by atoms with Crippen LogP contribution >= 0.6 is 0 Å². The number of carbonyl (C=O) groups excluding carboxylic acids is 1. The summed E-state index contributed by atoms with van der Waals surface area (Å²) in [5, 5.41) is 0. The first-order chi connectivity index (χ1) is 8.00. The van der Waals surface area contributed by atoms with Crippen LogP contribution in [0, 0.1) is 6.92 Å². The molecule has 2 heteroatoms. The lowest BCUT2D eigenvalue weighted by Gasteiger charge is -2.31. The summed E-state index contributed by atoms with van der Waals surface area (Å²) < 4.78 is 0. The number of carbonyl (C=O) groups is 1. The van der Waals surface area contributed by atoms with Crippen molar-refractivity contribution in [3.8, 4) is 0 Å². The Balaban J connectivity index is 2.37. The summed E-state index contributed by atoms with van der Waals surface area (Å²) >= 11 is 0. The molecule has 0 saturated heterocycles. The first kappa shape index (κ1) is 12.2. The molecule has 2 nitrogen and oxygen atoms in total. The Kier molecular flexibility index (Phi) is 3.23. The fourth-order valence-corrected chi connectivity index (χ4v) is 2.93. The molecular formula is C15H21NO. The lowest BCUT2D eigenvalue weighted by Crippen LogP contribution is -2.38. The van der Waals surface area contributed by atoms with Crippen molar-refractivity contribution >= 4 is 11.5 Å². The van der Waals surface area contributed by atoms with Gasteiger partial charge in [-0.15, -0.1) is 0 Å². The van der Waals surface area contributed by atoms with Gasteiger partial charge < -0.3 is 4.90 Å². The second kappa shape index (κ2) is 4.52. The maximum absolute atomic E-state index is 11.4. The van der Waals surface area contributed by atoms with Crippen molar-refractivity contribution in [3.63, 3.8) is 0 Å². The van der Waals surface area contributed by atoms with E-state index in [4.69, 9.17) is 0 Å². The van der Waals surface area contributed by atoms with E-state index in [0.717, 1.165) is 6.42 Å². The number of hydrogen-bond acceptors (Lipinski definition) is 2. The molecule has 1 aliphatic rings. The van der Waals surface area contributed by atoms with Crippen molar-refractivity contribution in [3.05, 3.63) is 29.3 Å². The maximum atomic E-state index is 11.4. The first-order valence-corrected chi connectivity index (χ1v) is 6.37. The van der Waals surface area contributed by atoms with E-state index in [1.54, 1.807) is 6.92 Å². The highest BCUT2D eigenvalue weighted by Gasteiger charge is 2.32. The van der Waals surface area contributed by atoms with Crippen LogP contribution in [0.25, 0.3) is 0 Å². The monoisotopic (exact) mass is 231 g/mol. The second-order valence-electron chi connectivity index (χ2n) is 5.34. The summed E-state index contributed by atoms with van der Waals surface area (Å²) in [6.07, 6.45) is 1.67. The molecular weight excluding hydrogens is 210 g/mol. The average Bonchev–Trinajstić information content (AvgIpc) is 2.56. The summed E-state index contributed by atoms with van der Waals surface area (Å²) in [4.78, 5) is 13.8. The highest BCUT2D eigenvalue weighted by atomic mass is 16.1. The van der Waals surface area contributed by atoms with E-state index in [0.29, 0.717) is 18.5 Å². The molecule has 92 valence electrons. The number of benzene rings is 1. The van der Waals surface area contributed by atoms with Gasteiger partial charge in [0.2, 0.25) is 0 Å². The minimum Gasteiger partial charge on any atom is -0.365 e.